The molecule has 2 heterocycles. The summed E-state index contributed by atoms with van der Waals surface area (Å²) in [6.07, 6.45) is 8.13. The number of nitrogens with one attached hydrogen (secondary N) is 1. The fourth-order valence-electron chi connectivity index (χ4n) is 3.34. The van der Waals surface area contributed by atoms with Crippen LogP contribution in [0.2, 0.25) is 0 Å². The highest BCUT2D eigenvalue weighted by Gasteiger charge is 2.23. The second-order valence-corrected chi connectivity index (χ2v) is 6.24. The number of rotatable bonds is 5. The van der Waals surface area contributed by atoms with Crippen LogP contribution in [0.15, 0.2) is 0 Å². The molecule has 2 saturated heterocycles. The minimum Gasteiger partial charge on any atom is -0.310 e. The van der Waals surface area contributed by atoms with E-state index in [0.29, 0.717) is 0 Å². The fourth-order valence-corrected chi connectivity index (χ4v) is 3.34. The number of hydrogen-bond acceptors (Lipinski definition) is 3. The summed E-state index contributed by atoms with van der Waals surface area (Å²) in [6.45, 7) is 8.74. The van der Waals surface area contributed by atoms with Gasteiger partial charge in [0, 0.05) is 18.6 Å². The van der Waals surface area contributed by atoms with Crippen molar-refractivity contribution in [2.24, 2.45) is 0 Å². The monoisotopic (exact) mass is 253 g/mol. The second-order valence-electron chi connectivity index (χ2n) is 6.24. The van der Waals surface area contributed by atoms with Crippen molar-refractivity contribution in [1.29, 1.82) is 0 Å². The van der Waals surface area contributed by atoms with Gasteiger partial charge >= 0.3 is 0 Å². The van der Waals surface area contributed by atoms with E-state index in [1.165, 1.54) is 71.2 Å². The first-order valence-electron chi connectivity index (χ1n) is 7.95. The third-order valence-corrected chi connectivity index (χ3v) is 4.51. The molecule has 0 radical (unpaired) electrons. The van der Waals surface area contributed by atoms with Crippen LogP contribution in [0.5, 0.6) is 0 Å². The molecule has 0 amide bonds. The van der Waals surface area contributed by atoms with Gasteiger partial charge in [0.25, 0.3) is 0 Å². The molecular weight excluding hydrogens is 222 g/mol. The Morgan fingerprint density at radius 1 is 1.06 bits per heavy atom. The van der Waals surface area contributed by atoms with Gasteiger partial charge in [-0.3, -0.25) is 0 Å². The van der Waals surface area contributed by atoms with Gasteiger partial charge in [0.05, 0.1) is 0 Å². The molecule has 106 valence electrons. The molecule has 0 bridgehead atoms. The Hall–Kier alpha value is -0.120. The average molecular weight is 253 g/mol. The normalized spacial score (nSPS) is 28.7. The van der Waals surface area contributed by atoms with Crippen LogP contribution in [0.4, 0.5) is 0 Å². The van der Waals surface area contributed by atoms with Crippen LogP contribution in [0.1, 0.15) is 45.4 Å². The molecular formula is C15H31N3. The lowest BCUT2D eigenvalue weighted by atomic mass is 10.00. The highest BCUT2D eigenvalue weighted by Crippen LogP contribution is 2.15. The van der Waals surface area contributed by atoms with Crippen LogP contribution in [0.3, 0.4) is 0 Å². The lowest BCUT2D eigenvalue weighted by Gasteiger charge is -2.37. The minimum atomic E-state index is 0.746. The van der Waals surface area contributed by atoms with Crippen LogP contribution in [0.25, 0.3) is 0 Å². The highest BCUT2D eigenvalue weighted by molar-refractivity contribution is 4.83. The van der Waals surface area contributed by atoms with Gasteiger partial charge in [-0.25, -0.2) is 0 Å². The molecule has 0 spiro atoms. The zero-order chi connectivity index (χ0) is 12.8. The van der Waals surface area contributed by atoms with E-state index in [0.717, 1.165) is 12.1 Å². The van der Waals surface area contributed by atoms with Gasteiger partial charge < -0.3 is 15.1 Å². The van der Waals surface area contributed by atoms with E-state index in [2.05, 4.69) is 29.1 Å². The van der Waals surface area contributed by atoms with Crippen molar-refractivity contribution in [2.75, 3.05) is 39.8 Å². The first-order chi connectivity index (χ1) is 8.78. The number of unbranched alkanes of at least 4 members (excludes halogenated alkanes) is 1. The largest absolute Gasteiger partial charge is 0.310 e. The Kier molecular flexibility index (Phi) is 5.93. The Morgan fingerprint density at radius 2 is 1.83 bits per heavy atom. The SMILES string of the molecule is CCCCN1CCC(NC2CCCN(C)C2)CC1. The molecule has 0 aliphatic carbocycles. The topological polar surface area (TPSA) is 18.5 Å². The molecule has 0 aromatic rings. The number of nitrogens with zero attached hydrogens (tertiary/aromatic N) is 2. The van der Waals surface area contributed by atoms with Crippen molar-refractivity contribution in [3.05, 3.63) is 0 Å². The molecule has 3 heteroatoms. The van der Waals surface area contributed by atoms with Crippen LogP contribution >= 0.6 is 0 Å². The zero-order valence-corrected chi connectivity index (χ0v) is 12.3. The van der Waals surface area contributed by atoms with Crippen LogP contribution in [-0.2, 0) is 0 Å². The van der Waals surface area contributed by atoms with Crippen LogP contribution < -0.4 is 5.32 Å². The Balaban J connectivity index is 1.63. The van der Waals surface area contributed by atoms with Crippen molar-refractivity contribution in [1.82, 2.24) is 15.1 Å². The Bertz CT molecular complexity index is 224. The minimum absolute atomic E-state index is 0.746. The van der Waals surface area contributed by atoms with Crippen LogP contribution in [0, 0.1) is 0 Å². The van der Waals surface area contributed by atoms with Gasteiger partial charge in [0.2, 0.25) is 0 Å². The molecule has 1 N–H and O–H groups in total. The molecule has 2 fully saturated rings. The summed E-state index contributed by atoms with van der Waals surface area (Å²) in [6, 6.07) is 1.52. The number of likely N-dealkylation sites (tertiary alicyclic amines) is 2. The summed E-state index contributed by atoms with van der Waals surface area (Å²) in [5, 5.41) is 3.90. The van der Waals surface area contributed by atoms with E-state index in [9.17, 15) is 0 Å². The summed E-state index contributed by atoms with van der Waals surface area (Å²) >= 11 is 0. The standard InChI is InChI=1S/C15H31N3/c1-3-4-10-18-11-7-14(8-12-18)16-15-6-5-9-17(2)13-15/h14-16H,3-13H2,1-2H3. The summed E-state index contributed by atoms with van der Waals surface area (Å²) in [5.74, 6) is 0. The number of piperidine rings is 2. The van der Waals surface area contributed by atoms with E-state index < -0.39 is 0 Å². The van der Waals surface area contributed by atoms with Crippen molar-refractivity contribution >= 4 is 0 Å². The van der Waals surface area contributed by atoms with E-state index in [1.807, 2.05) is 0 Å². The molecule has 1 atom stereocenters. The maximum Gasteiger partial charge on any atom is 0.0197 e. The molecule has 3 nitrogen and oxygen atoms in total. The van der Waals surface area contributed by atoms with Gasteiger partial charge in [-0.2, -0.15) is 0 Å². The van der Waals surface area contributed by atoms with Crippen molar-refractivity contribution in [2.45, 2.75) is 57.5 Å². The zero-order valence-electron chi connectivity index (χ0n) is 12.3. The van der Waals surface area contributed by atoms with Crippen molar-refractivity contribution < 1.29 is 0 Å². The predicted octanol–water partition coefficient (Wildman–Crippen LogP) is 1.93. The molecule has 18 heavy (non-hydrogen) atoms. The van der Waals surface area contributed by atoms with Crippen molar-refractivity contribution in [3.8, 4) is 0 Å². The summed E-state index contributed by atoms with van der Waals surface area (Å²) in [4.78, 5) is 5.12. The second kappa shape index (κ2) is 7.46. The summed E-state index contributed by atoms with van der Waals surface area (Å²) in [7, 11) is 2.25. The first kappa shape index (κ1) is 14.3. The van der Waals surface area contributed by atoms with Gasteiger partial charge in [-0.05, 0) is 65.3 Å². The highest BCUT2D eigenvalue weighted by atomic mass is 15.2. The molecule has 2 rings (SSSR count). The van der Waals surface area contributed by atoms with Gasteiger partial charge in [-0.1, -0.05) is 13.3 Å². The van der Waals surface area contributed by atoms with Crippen molar-refractivity contribution in [3.63, 3.8) is 0 Å². The van der Waals surface area contributed by atoms with Gasteiger partial charge in [-0.15, -0.1) is 0 Å². The predicted molar refractivity (Wildman–Crippen MR) is 78.0 cm³/mol. The molecule has 0 aromatic heterocycles. The van der Waals surface area contributed by atoms with E-state index in [-0.39, 0.29) is 0 Å². The molecule has 1 unspecified atom stereocenters. The third kappa shape index (κ3) is 4.52. The molecule has 0 saturated carbocycles. The van der Waals surface area contributed by atoms with E-state index in [4.69, 9.17) is 0 Å². The maximum atomic E-state index is 3.90. The molecule has 0 aromatic carbocycles. The lowest BCUT2D eigenvalue weighted by Crippen LogP contribution is -2.51. The quantitative estimate of drug-likeness (QED) is 0.808. The van der Waals surface area contributed by atoms with E-state index >= 15 is 0 Å². The van der Waals surface area contributed by atoms with Gasteiger partial charge in [0.15, 0.2) is 0 Å². The first-order valence-corrected chi connectivity index (χ1v) is 7.95. The summed E-state index contributed by atoms with van der Waals surface area (Å²) in [5.41, 5.74) is 0. The third-order valence-electron chi connectivity index (χ3n) is 4.51. The van der Waals surface area contributed by atoms with Crippen LogP contribution in [-0.4, -0.2) is 61.7 Å². The maximum absolute atomic E-state index is 3.90. The Labute approximate surface area is 113 Å². The lowest BCUT2D eigenvalue weighted by molar-refractivity contribution is 0.165. The molecule has 2 aliphatic heterocycles. The fraction of sp³-hybridized carbons (Fsp3) is 1.00. The summed E-state index contributed by atoms with van der Waals surface area (Å²) < 4.78 is 0. The Morgan fingerprint density at radius 3 is 2.50 bits per heavy atom. The number of hydrogen-bond donors (Lipinski definition) is 1. The average Bonchev–Trinajstić information content (AvgIpc) is 2.38. The van der Waals surface area contributed by atoms with E-state index in [1.54, 1.807) is 0 Å². The smallest absolute Gasteiger partial charge is 0.0197 e. The van der Waals surface area contributed by atoms with Gasteiger partial charge in [0.1, 0.15) is 0 Å². The molecule has 2 aliphatic rings. The number of likely N-dealkylation sites (N-methyl/N-ethyl adjacent to an activating group) is 1.